The Morgan fingerprint density at radius 2 is 1.76 bits per heavy atom. The van der Waals surface area contributed by atoms with E-state index in [2.05, 4.69) is 4.90 Å². The first-order valence-corrected chi connectivity index (χ1v) is 11.3. The quantitative estimate of drug-likeness (QED) is 0.453. The summed E-state index contributed by atoms with van der Waals surface area (Å²) in [7, 11) is 0. The average molecular weight is 469 g/mol. The van der Waals surface area contributed by atoms with E-state index >= 15 is 0 Å². The largest absolute Gasteiger partial charge is 0.457 e. The monoisotopic (exact) mass is 468 g/mol. The highest BCUT2D eigenvalue weighted by molar-refractivity contribution is 6.30. The predicted molar refractivity (Wildman–Crippen MR) is 126 cm³/mol. The highest BCUT2D eigenvalue weighted by Crippen LogP contribution is 2.24. The summed E-state index contributed by atoms with van der Waals surface area (Å²) in [5.74, 6) is 0.480. The van der Waals surface area contributed by atoms with Crippen LogP contribution in [0.2, 0.25) is 5.02 Å². The van der Waals surface area contributed by atoms with Crippen LogP contribution in [0.5, 0.6) is 11.5 Å². The topological polar surface area (TPSA) is 42.0 Å². The number of carbonyl (C=O) groups excluding carboxylic acids is 1. The highest BCUT2D eigenvalue weighted by atomic mass is 35.5. The van der Waals surface area contributed by atoms with Crippen LogP contribution in [0, 0.1) is 5.82 Å². The van der Waals surface area contributed by atoms with Crippen molar-refractivity contribution in [3.63, 3.8) is 0 Å². The molecule has 7 heteroatoms. The van der Waals surface area contributed by atoms with Crippen molar-refractivity contribution in [2.45, 2.75) is 6.54 Å². The van der Waals surface area contributed by atoms with Crippen LogP contribution < -0.4 is 4.74 Å². The van der Waals surface area contributed by atoms with Gasteiger partial charge in [-0.05, 0) is 54.1 Å². The van der Waals surface area contributed by atoms with Crippen LogP contribution in [0.15, 0.2) is 72.8 Å². The minimum Gasteiger partial charge on any atom is -0.457 e. The lowest BCUT2D eigenvalue weighted by Gasteiger charge is -2.30. The number of nitrogens with zero attached hydrogens (tertiary/aromatic N) is 2. The van der Waals surface area contributed by atoms with E-state index in [0.717, 1.165) is 18.7 Å². The Kier molecular flexibility index (Phi) is 7.94. The maximum absolute atomic E-state index is 14.4. The van der Waals surface area contributed by atoms with E-state index < -0.39 is 5.82 Å². The summed E-state index contributed by atoms with van der Waals surface area (Å²) < 4.78 is 25.7. The number of carbonyl (C=O) groups is 1. The van der Waals surface area contributed by atoms with Crippen molar-refractivity contribution in [1.29, 1.82) is 0 Å². The van der Waals surface area contributed by atoms with Gasteiger partial charge in [-0.25, -0.2) is 4.39 Å². The van der Waals surface area contributed by atoms with Crippen LogP contribution in [0.3, 0.4) is 0 Å². The molecule has 0 aromatic heterocycles. The maximum Gasteiger partial charge on any atom is 0.257 e. The molecule has 3 aromatic carbocycles. The predicted octanol–water partition coefficient (Wildman–Crippen LogP) is 5.25. The van der Waals surface area contributed by atoms with Crippen LogP contribution in [-0.2, 0) is 11.3 Å². The molecule has 1 aliphatic rings. The second-order valence-corrected chi connectivity index (χ2v) is 8.30. The Hall–Kier alpha value is -2.93. The first-order chi connectivity index (χ1) is 16.1. The van der Waals surface area contributed by atoms with Gasteiger partial charge in [0.25, 0.3) is 5.91 Å². The van der Waals surface area contributed by atoms with Gasteiger partial charge in [0.1, 0.15) is 17.3 Å². The Labute approximate surface area is 198 Å². The second-order valence-electron chi connectivity index (χ2n) is 7.86. The van der Waals surface area contributed by atoms with Gasteiger partial charge in [0.05, 0.1) is 18.8 Å². The molecule has 1 saturated heterocycles. The van der Waals surface area contributed by atoms with Crippen LogP contribution in [0.1, 0.15) is 15.9 Å². The third kappa shape index (κ3) is 6.54. The molecule has 0 unspecified atom stereocenters. The molecular weight excluding hydrogens is 443 g/mol. The summed E-state index contributed by atoms with van der Waals surface area (Å²) in [6, 6.07) is 20.8. The van der Waals surface area contributed by atoms with Crippen molar-refractivity contribution in [1.82, 2.24) is 9.80 Å². The summed E-state index contributed by atoms with van der Waals surface area (Å²) in [5.41, 5.74) is 0.973. The second kappa shape index (κ2) is 11.3. The molecule has 0 atom stereocenters. The molecule has 1 heterocycles. The average Bonchev–Trinajstić information content (AvgIpc) is 2.84. The normalized spacial score (nSPS) is 14.1. The number of ether oxygens (including phenoxy) is 2. The minimum absolute atomic E-state index is 0.0769. The van der Waals surface area contributed by atoms with E-state index in [-0.39, 0.29) is 11.5 Å². The first-order valence-electron chi connectivity index (χ1n) is 10.9. The maximum atomic E-state index is 14.4. The van der Waals surface area contributed by atoms with Crippen molar-refractivity contribution < 1.29 is 18.7 Å². The summed E-state index contributed by atoms with van der Waals surface area (Å²) in [5, 5.41) is 0.638. The molecule has 0 N–H and O–H groups in total. The fourth-order valence-corrected chi connectivity index (χ4v) is 3.84. The number of morpholine rings is 1. The van der Waals surface area contributed by atoms with Crippen molar-refractivity contribution in [3.05, 3.63) is 94.8 Å². The summed E-state index contributed by atoms with van der Waals surface area (Å²) in [6.07, 6.45) is 0. The molecule has 0 radical (unpaired) electrons. The Morgan fingerprint density at radius 1 is 1.00 bits per heavy atom. The lowest BCUT2D eigenvalue weighted by Crippen LogP contribution is -2.43. The lowest BCUT2D eigenvalue weighted by molar-refractivity contribution is 0.0319. The zero-order valence-corrected chi connectivity index (χ0v) is 19.0. The van der Waals surface area contributed by atoms with Crippen LogP contribution in [-0.4, -0.2) is 55.1 Å². The molecule has 172 valence electrons. The molecule has 0 saturated carbocycles. The summed E-state index contributed by atoms with van der Waals surface area (Å²) >= 11 is 5.94. The third-order valence-electron chi connectivity index (χ3n) is 5.50. The van der Waals surface area contributed by atoms with E-state index in [1.165, 1.54) is 12.1 Å². The van der Waals surface area contributed by atoms with Crippen LogP contribution in [0.25, 0.3) is 0 Å². The fraction of sp³-hybridized carbons (Fsp3) is 0.269. The van der Waals surface area contributed by atoms with Gasteiger partial charge in [-0.1, -0.05) is 35.9 Å². The number of hydrogen-bond acceptors (Lipinski definition) is 4. The van der Waals surface area contributed by atoms with E-state index in [1.54, 1.807) is 41.3 Å². The van der Waals surface area contributed by atoms with Crippen molar-refractivity contribution >= 4 is 17.5 Å². The molecule has 0 aliphatic carbocycles. The molecule has 4 rings (SSSR count). The van der Waals surface area contributed by atoms with Crippen molar-refractivity contribution in [2.24, 2.45) is 0 Å². The standard InChI is InChI=1S/C26H26ClFN2O3/c27-21-8-10-22(11-9-21)33-23-5-3-4-20(18-23)19-30(13-12-29-14-16-32-17-15-29)26(31)24-6-1-2-7-25(24)28/h1-11,18H,12-17,19H2. The molecule has 1 amide bonds. The van der Waals surface area contributed by atoms with E-state index in [1.807, 2.05) is 24.3 Å². The Morgan fingerprint density at radius 3 is 2.52 bits per heavy atom. The third-order valence-corrected chi connectivity index (χ3v) is 5.75. The first kappa shape index (κ1) is 23.2. The van der Waals surface area contributed by atoms with E-state index in [0.29, 0.717) is 49.4 Å². The number of amides is 1. The fourth-order valence-electron chi connectivity index (χ4n) is 3.71. The van der Waals surface area contributed by atoms with E-state index in [9.17, 15) is 9.18 Å². The zero-order chi connectivity index (χ0) is 23.0. The number of halogens is 2. The van der Waals surface area contributed by atoms with Gasteiger partial charge < -0.3 is 14.4 Å². The zero-order valence-electron chi connectivity index (χ0n) is 18.3. The molecule has 0 spiro atoms. The molecular formula is C26H26ClFN2O3. The molecule has 0 bridgehead atoms. The van der Waals surface area contributed by atoms with E-state index in [4.69, 9.17) is 21.1 Å². The van der Waals surface area contributed by atoms with Crippen LogP contribution in [0.4, 0.5) is 4.39 Å². The summed E-state index contributed by atoms with van der Waals surface area (Å²) in [6.45, 7) is 4.55. The Bertz CT molecular complexity index is 1070. The molecule has 1 fully saturated rings. The molecule has 3 aromatic rings. The van der Waals surface area contributed by atoms with Crippen LogP contribution >= 0.6 is 11.6 Å². The van der Waals surface area contributed by atoms with Gasteiger partial charge in [0.15, 0.2) is 0 Å². The lowest BCUT2D eigenvalue weighted by atomic mass is 10.1. The number of rotatable bonds is 8. The molecule has 5 nitrogen and oxygen atoms in total. The smallest absolute Gasteiger partial charge is 0.257 e. The number of hydrogen-bond donors (Lipinski definition) is 0. The van der Waals surface area contributed by atoms with Gasteiger partial charge in [-0.3, -0.25) is 9.69 Å². The SMILES string of the molecule is O=C(c1ccccc1F)N(CCN1CCOCC1)Cc1cccc(Oc2ccc(Cl)cc2)c1. The van der Waals surface area contributed by atoms with Crippen molar-refractivity contribution in [3.8, 4) is 11.5 Å². The van der Waals surface area contributed by atoms with Gasteiger partial charge in [-0.2, -0.15) is 0 Å². The minimum atomic E-state index is -0.515. The van der Waals surface area contributed by atoms with Gasteiger partial charge in [0, 0.05) is 37.7 Å². The summed E-state index contributed by atoms with van der Waals surface area (Å²) in [4.78, 5) is 17.2. The Balaban J connectivity index is 1.50. The highest BCUT2D eigenvalue weighted by Gasteiger charge is 2.21. The van der Waals surface area contributed by atoms with Gasteiger partial charge >= 0.3 is 0 Å². The van der Waals surface area contributed by atoms with Gasteiger partial charge in [0.2, 0.25) is 0 Å². The number of benzene rings is 3. The van der Waals surface area contributed by atoms with Gasteiger partial charge in [-0.15, -0.1) is 0 Å². The van der Waals surface area contributed by atoms with Crippen molar-refractivity contribution in [2.75, 3.05) is 39.4 Å². The molecule has 33 heavy (non-hydrogen) atoms. The molecule has 1 aliphatic heterocycles.